The van der Waals surface area contributed by atoms with Gasteiger partial charge in [-0.25, -0.2) is 0 Å². The van der Waals surface area contributed by atoms with Gasteiger partial charge in [-0.15, -0.1) is 0 Å². The first kappa shape index (κ1) is 60.1. The van der Waals surface area contributed by atoms with Gasteiger partial charge in [0, 0.05) is 12.8 Å². The molecule has 0 aromatic rings. The number of esters is 2. The zero-order valence-electron chi connectivity index (χ0n) is 40.4. The fourth-order valence-corrected chi connectivity index (χ4v) is 8.70. The molecule has 4 N–H and O–H groups in total. The summed E-state index contributed by atoms with van der Waals surface area (Å²) in [6.07, 6.45) is 38.0. The lowest BCUT2D eigenvalue weighted by molar-refractivity contribution is -0.297. The Morgan fingerprint density at radius 3 is 1.42 bits per heavy atom. The standard InChI is InChI=1S/C51H94O12S/c1-3-5-7-9-11-13-15-17-19-21-22-24-25-27-29-31-33-35-37-39-46(52)60-41-44(42-61-51-50(56)49(55)48(54)45(63-51)43-64(57,58)59)62-47(53)40-38-36-34-32-30-28-26-23-20-18-16-14-12-10-8-6-4-2/h26,28,32,34,44-45,48-51,54-56H,3-25,27,29-31,33,35-43H2,1-2H3,(H,57,58,59)/b28-26+,34-32+/t44-,45-,48-,49?,50?,51+/m1/s1. The summed E-state index contributed by atoms with van der Waals surface area (Å²) >= 11 is 0. The lowest BCUT2D eigenvalue weighted by Crippen LogP contribution is -2.60. The second kappa shape index (κ2) is 41.3. The second-order valence-electron chi connectivity index (χ2n) is 18.2. The average molecular weight is 931 g/mol. The maximum absolute atomic E-state index is 12.8. The number of hydrogen-bond donors (Lipinski definition) is 4. The van der Waals surface area contributed by atoms with Crippen LogP contribution in [-0.2, 0) is 38.7 Å². The lowest BCUT2D eigenvalue weighted by Gasteiger charge is -2.40. The van der Waals surface area contributed by atoms with E-state index in [1.165, 1.54) is 154 Å². The summed E-state index contributed by atoms with van der Waals surface area (Å²) in [5.74, 6) is -2.03. The van der Waals surface area contributed by atoms with E-state index in [1.807, 2.05) is 6.08 Å². The van der Waals surface area contributed by atoms with Gasteiger partial charge < -0.3 is 34.3 Å². The summed E-state index contributed by atoms with van der Waals surface area (Å²) in [6, 6.07) is 0. The number of carbonyl (C=O) groups excluding carboxylic acids is 2. The van der Waals surface area contributed by atoms with Gasteiger partial charge in [-0.05, 0) is 38.5 Å². The first-order valence-corrected chi connectivity index (χ1v) is 27.5. The van der Waals surface area contributed by atoms with Gasteiger partial charge in [0.1, 0.15) is 36.8 Å². The Labute approximate surface area is 389 Å². The average Bonchev–Trinajstić information content (AvgIpc) is 3.26. The van der Waals surface area contributed by atoms with E-state index in [4.69, 9.17) is 18.9 Å². The number of allylic oxidation sites excluding steroid dienone is 4. The monoisotopic (exact) mass is 931 g/mol. The van der Waals surface area contributed by atoms with Crippen LogP contribution >= 0.6 is 0 Å². The molecule has 0 aromatic carbocycles. The lowest BCUT2D eigenvalue weighted by atomic mass is 10.00. The summed E-state index contributed by atoms with van der Waals surface area (Å²) in [7, 11) is -4.61. The van der Waals surface area contributed by atoms with Crippen LogP contribution in [0.2, 0.25) is 0 Å². The highest BCUT2D eigenvalue weighted by molar-refractivity contribution is 7.85. The molecule has 13 heteroatoms. The smallest absolute Gasteiger partial charge is 0.306 e. The molecule has 6 atom stereocenters. The van der Waals surface area contributed by atoms with Crippen molar-refractivity contribution >= 4 is 22.1 Å². The van der Waals surface area contributed by atoms with Gasteiger partial charge in [0.05, 0.1) is 6.61 Å². The summed E-state index contributed by atoms with van der Waals surface area (Å²) in [4.78, 5) is 25.5. The molecule has 1 aliphatic rings. The summed E-state index contributed by atoms with van der Waals surface area (Å²) < 4.78 is 54.2. The largest absolute Gasteiger partial charge is 0.462 e. The Balaban J connectivity index is 2.39. The molecule has 1 fully saturated rings. The number of ether oxygens (including phenoxy) is 4. The minimum atomic E-state index is -4.61. The van der Waals surface area contributed by atoms with Crippen LogP contribution in [0.15, 0.2) is 24.3 Å². The number of aliphatic hydroxyl groups excluding tert-OH is 3. The Bertz CT molecular complexity index is 1270. The van der Waals surface area contributed by atoms with Crippen LogP contribution in [-0.4, -0.2) is 96.0 Å². The second-order valence-corrected chi connectivity index (χ2v) is 19.7. The number of unbranched alkanes of at least 4 members (excludes halogenated alkanes) is 28. The van der Waals surface area contributed by atoms with Crippen LogP contribution < -0.4 is 0 Å². The molecule has 0 amide bonds. The van der Waals surface area contributed by atoms with Crippen LogP contribution in [0.25, 0.3) is 0 Å². The van der Waals surface area contributed by atoms with Gasteiger partial charge in [0.25, 0.3) is 10.1 Å². The number of aliphatic hydroxyl groups is 3. The molecule has 0 spiro atoms. The SMILES string of the molecule is CCCCCCCCCCC/C=C/C/C=C/CCCC(=O)O[C@H](COC(=O)CCCCCCCCCCCCCCCCCCCCC)CO[C@H]1O[C@H](CS(=O)(=O)O)[C@@H](O)C(O)C1O. The van der Waals surface area contributed by atoms with Crippen molar-refractivity contribution in [2.45, 2.75) is 269 Å². The fourth-order valence-electron chi connectivity index (χ4n) is 8.01. The Morgan fingerprint density at radius 1 is 0.531 bits per heavy atom. The number of carbonyl (C=O) groups is 2. The first-order chi connectivity index (χ1) is 31.0. The highest BCUT2D eigenvalue weighted by atomic mass is 32.2. The van der Waals surface area contributed by atoms with Crippen LogP contribution in [0.4, 0.5) is 0 Å². The summed E-state index contributed by atoms with van der Waals surface area (Å²) in [5.41, 5.74) is 0. The molecule has 0 radical (unpaired) electrons. The van der Waals surface area contributed by atoms with Crippen molar-refractivity contribution in [3.63, 3.8) is 0 Å². The van der Waals surface area contributed by atoms with E-state index in [0.29, 0.717) is 19.3 Å². The van der Waals surface area contributed by atoms with E-state index in [-0.39, 0.29) is 19.4 Å². The van der Waals surface area contributed by atoms with Crippen molar-refractivity contribution < 1.29 is 56.8 Å². The Morgan fingerprint density at radius 2 is 0.953 bits per heavy atom. The van der Waals surface area contributed by atoms with Crippen LogP contribution in [0.3, 0.4) is 0 Å². The molecule has 2 unspecified atom stereocenters. The zero-order chi connectivity index (χ0) is 46.9. The van der Waals surface area contributed by atoms with Crippen LogP contribution in [0.5, 0.6) is 0 Å². The van der Waals surface area contributed by atoms with Crippen molar-refractivity contribution in [3.05, 3.63) is 24.3 Å². The Hall–Kier alpha value is -1.87. The van der Waals surface area contributed by atoms with E-state index < -0.39 is 71.2 Å². The summed E-state index contributed by atoms with van der Waals surface area (Å²) in [5, 5.41) is 31.0. The maximum atomic E-state index is 12.8. The molecule has 1 heterocycles. The third-order valence-corrected chi connectivity index (χ3v) is 12.8. The van der Waals surface area contributed by atoms with Gasteiger partial charge in [0.2, 0.25) is 0 Å². The minimum Gasteiger partial charge on any atom is -0.462 e. The maximum Gasteiger partial charge on any atom is 0.306 e. The molecule has 1 saturated heterocycles. The van der Waals surface area contributed by atoms with Crippen molar-refractivity contribution in [2.75, 3.05) is 19.0 Å². The topological polar surface area (TPSA) is 186 Å². The molecule has 1 aliphatic heterocycles. The predicted molar refractivity (Wildman–Crippen MR) is 256 cm³/mol. The third kappa shape index (κ3) is 35.3. The van der Waals surface area contributed by atoms with E-state index in [2.05, 4.69) is 32.1 Å². The van der Waals surface area contributed by atoms with E-state index >= 15 is 0 Å². The molecule has 0 aromatic heterocycles. The first-order valence-electron chi connectivity index (χ1n) is 25.9. The van der Waals surface area contributed by atoms with E-state index in [1.54, 1.807) is 0 Å². The molecule has 64 heavy (non-hydrogen) atoms. The van der Waals surface area contributed by atoms with E-state index in [9.17, 15) is 37.9 Å². The molecule has 1 rings (SSSR count). The predicted octanol–water partition coefficient (Wildman–Crippen LogP) is 11.6. The van der Waals surface area contributed by atoms with Crippen molar-refractivity contribution in [1.82, 2.24) is 0 Å². The Kier molecular flexibility index (Phi) is 38.8. The molecule has 0 saturated carbocycles. The van der Waals surface area contributed by atoms with Gasteiger partial charge in [0.15, 0.2) is 12.4 Å². The quantitative estimate of drug-likeness (QED) is 0.0196. The van der Waals surface area contributed by atoms with Crippen molar-refractivity contribution in [3.8, 4) is 0 Å². The fraction of sp³-hybridized carbons (Fsp3) is 0.882. The molecular formula is C51H94O12S. The summed E-state index contributed by atoms with van der Waals surface area (Å²) in [6.45, 7) is 3.76. The van der Waals surface area contributed by atoms with Gasteiger partial charge in [-0.3, -0.25) is 14.1 Å². The van der Waals surface area contributed by atoms with Gasteiger partial charge >= 0.3 is 11.9 Å². The highest BCUT2D eigenvalue weighted by Gasteiger charge is 2.46. The molecule has 0 bridgehead atoms. The minimum absolute atomic E-state index is 0.104. The van der Waals surface area contributed by atoms with E-state index in [0.717, 1.165) is 32.1 Å². The molecular weight excluding hydrogens is 837 g/mol. The van der Waals surface area contributed by atoms with Gasteiger partial charge in [-0.1, -0.05) is 205 Å². The molecule has 0 aliphatic carbocycles. The normalized spacial score (nSPS) is 19.8. The third-order valence-electron chi connectivity index (χ3n) is 12.0. The highest BCUT2D eigenvalue weighted by Crippen LogP contribution is 2.24. The van der Waals surface area contributed by atoms with Crippen LogP contribution in [0.1, 0.15) is 232 Å². The molecule has 12 nitrogen and oxygen atoms in total. The molecule has 376 valence electrons. The zero-order valence-corrected chi connectivity index (χ0v) is 41.2. The van der Waals surface area contributed by atoms with Gasteiger partial charge in [-0.2, -0.15) is 8.42 Å². The number of rotatable bonds is 44. The van der Waals surface area contributed by atoms with Crippen molar-refractivity contribution in [2.24, 2.45) is 0 Å². The van der Waals surface area contributed by atoms with Crippen LogP contribution in [0, 0.1) is 0 Å². The number of hydrogen-bond acceptors (Lipinski definition) is 11. The van der Waals surface area contributed by atoms with Crippen molar-refractivity contribution in [1.29, 1.82) is 0 Å².